The monoisotopic (exact) mass is 310 g/mol. The first kappa shape index (κ1) is 15.3. The molecule has 0 spiro atoms. The molecule has 1 aromatic heterocycles. The Kier molecular flexibility index (Phi) is 4.41. The van der Waals surface area contributed by atoms with E-state index in [1.165, 1.54) is 0 Å². The lowest BCUT2D eigenvalue weighted by Gasteiger charge is -2.21. The van der Waals surface area contributed by atoms with Gasteiger partial charge in [0.15, 0.2) is 0 Å². The predicted octanol–water partition coefficient (Wildman–Crippen LogP) is 2.84. The van der Waals surface area contributed by atoms with E-state index in [2.05, 4.69) is 4.98 Å². The van der Waals surface area contributed by atoms with Crippen LogP contribution in [0.1, 0.15) is 17.2 Å². The van der Waals surface area contributed by atoms with Crippen molar-refractivity contribution in [1.82, 2.24) is 4.98 Å². The number of fused-ring (bicyclic) bond motifs is 1. The van der Waals surface area contributed by atoms with Gasteiger partial charge in [-0.05, 0) is 11.6 Å². The number of carbonyl (C=O) groups is 1. The molecule has 118 valence electrons. The van der Waals surface area contributed by atoms with Gasteiger partial charge in [-0.1, -0.05) is 48.5 Å². The quantitative estimate of drug-likeness (QED) is 0.653. The number of nitrogens with one attached hydrogen (secondary N) is 1. The number of nitrogens with two attached hydrogens (primary N) is 1. The fourth-order valence-electron chi connectivity index (χ4n) is 2.61. The summed E-state index contributed by atoms with van der Waals surface area (Å²) >= 11 is 0. The highest BCUT2D eigenvalue weighted by Crippen LogP contribution is 2.29. The molecule has 2 aromatic carbocycles. The highest BCUT2D eigenvalue weighted by molar-refractivity contribution is 5.85. The molecule has 2 atom stereocenters. The molecule has 0 saturated heterocycles. The topological polar surface area (TPSA) is 88.3 Å². The number of rotatable bonds is 6. The molecule has 3 rings (SSSR count). The lowest BCUT2D eigenvalue weighted by Crippen LogP contribution is -2.37. The first-order valence-corrected chi connectivity index (χ1v) is 7.37. The molecule has 1 heterocycles. The van der Waals surface area contributed by atoms with Crippen molar-refractivity contribution in [2.75, 3.05) is 0 Å². The largest absolute Gasteiger partial charge is 0.480 e. The summed E-state index contributed by atoms with van der Waals surface area (Å²) in [4.78, 5) is 14.5. The van der Waals surface area contributed by atoms with Crippen LogP contribution in [0.15, 0.2) is 60.8 Å². The molecule has 0 amide bonds. The van der Waals surface area contributed by atoms with Crippen LogP contribution in [0.25, 0.3) is 10.9 Å². The van der Waals surface area contributed by atoms with Crippen LogP contribution in [-0.4, -0.2) is 22.1 Å². The molecule has 3 aromatic rings. The summed E-state index contributed by atoms with van der Waals surface area (Å²) in [5.74, 6) is -1.09. The van der Waals surface area contributed by atoms with Gasteiger partial charge in [0.2, 0.25) is 0 Å². The zero-order valence-corrected chi connectivity index (χ0v) is 12.5. The second-order valence-electron chi connectivity index (χ2n) is 5.37. The summed E-state index contributed by atoms with van der Waals surface area (Å²) < 4.78 is 5.88. The van der Waals surface area contributed by atoms with Crippen molar-refractivity contribution in [3.8, 4) is 0 Å². The maximum absolute atomic E-state index is 11.4. The Morgan fingerprint density at radius 2 is 1.83 bits per heavy atom. The third-order valence-electron chi connectivity index (χ3n) is 3.81. The summed E-state index contributed by atoms with van der Waals surface area (Å²) in [6, 6.07) is 16.1. The van der Waals surface area contributed by atoms with E-state index in [0.717, 1.165) is 22.0 Å². The van der Waals surface area contributed by atoms with Crippen LogP contribution in [0.5, 0.6) is 0 Å². The van der Waals surface area contributed by atoms with E-state index < -0.39 is 18.1 Å². The Balaban J connectivity index is 1.91. The molecular weight excluding hydrogens is 292 g/mol. The Morgan fingerprint density at radius 3 is 2.57 bits per heavy atom. The average molecular weight is 310 g/mol. The maximum atomic E-state index is 11.4. The first-order chi connectivity index (χ1) is 11.2. The van der Waals surface area contributed by atoms with Gasteiger partial charge in [0.25, 0.3) is 0 Å². The van der Waals surface area contributed by atoms with E-state index in [0.29, 0.717) is 6.61 Å². The minimum Gasteiger partial charge on any atom is -0.480 e. The van der Waals surface area contributed by atoms with Gasteiger partial charge in [-0.3, -0.25) is 4.79 Å². The number of aromatic amines is 1. The SMILES string of the molecule is N[C@H](C(=O)O)C(OCc1ccccc1)c1c[nH]c2ccccc12. The zero-order valence-electron chi connectivity index (χ0n) is 12.5. The van der Waals surface area contributed by atoms with E-state index in [9.17, 15) is 9.90 Å². The minimum atomic E-state index is -1.14. The fourth-order valence-corrected chi connectivity index (χ4v) is 2.61. The van der Waals surface area contributed by atoms with Crippen molar-refractivity contribution in [3.63, 3.8) is 0 Å². The van der Waals surface area contributed by atoms with Crippen molar-refractivity contribution in [2.24, 2.45) is 5.73 Å². The van der Waals surface area contributed by atoms with Crippen LogP contribution in [0, 0.1) is 0 Å². The van der Waals surface area contributed by atoms with Crippen LogP contribution in [0.2, 0.25) is 0 Å². The summed E-state index contributed by atoms with van der Waals surface area (Å²) in [5, 5.41) is 10.2. The lowest BCUT2D eigenvalue weighted by atomic mass is 10.0. The number of H-pyrrole nitrogens is 1. The molecule has 4 N–H and O–H groups in total. The number of benzene rings is 2. The number of para-hydroxylation sites is 1. The van der Waals surface area contributed by atoms with Gasteiger partial charge in [0.05, 0.1) is 6.61 Å². The number of carboxylic acids is 1. The first-order valence-electron chi connectivity index (χ1n) is 7.37. The number of aliphatic carboxylic acids is 1. The highest BCUT2D eigenvalue weighted by Gasteiger charge is 2.28. The van der Waals surface area contributed by atoms with E-state index in [4.69, 9.17) is 10.5 Å². The number of aromatic nitrogens is 1. The number of carboxylic acid groups (broad SMARTS) is 1. The molecule has 5 heteroatoms. The fraction of sp³-hybridized carbons (Fsp3) is 0.167. The van der Waals surface area contributed by atoms with E-state index in [-0.39, 0.29) is 0 Å². The van der Waals surface area contributed by atoms with Crippen molar-refractivity contribution in [1.29, 1.82) is 0 Å². The van der Waals surface area contributed by atoms with E-state index in [1.54, 1.807) is 6.20 Å². The van der Waals surface area contributed by atoms with Gasteiger partial charge < -0.3 is 20.6 Å². The van der Waals surface area contributed by atoms with Crippen LogP contribution in [0.4, 0.5) is 0 Å². The standard InChI is InChI=1S/C18H18N2O3/c19-16(18(21)22)17(23-11-12-6-2-1-3-7-12)14-10-20-15-9-5-4-8-13(14)15/h1-10,16-17,20H,11,19H2,(H,21,22)/t16-,17?/m0/s1. The van der Waals surface area contributed by atoms with Gasteiger partial charge in [0.1, 0.15) is 12.1 Å². The van der Waals surface area contributed by atoms with Crippen molar-refractivity contribution in [2.45, 2.75) is 18.8 Å². The summed E-state index contributed by atoms with van der Waals surface area (Å²) in [6.07, 6.45) is 1.03. The molecule has 0 aliphatic heterocycles. The molecule has 0 saturated carbocycles. The van der Waals surface area contributed by atoms with Crippen molar-refractivity contribution in [3.05, 3.63) is 71.9 Å². The van der Waals surface area contributed by atoms with Gasteiger partial charge in [-0.2, -0.15) is 0 Å². The van der Waals surface area contributed by atoms with E-state index >= 15 is 0 Å². The summed E-state index contributed by atoms with van der Waals surface area (Å²) in [6.45, 7) is 0.298. The number of ether oxygens (including phenoxy) is 1. The van der Waals surface area contributed by atoms with E-state index in [1.807, 2.05) is 54.6 Å². The van der Waals surface area contributed by atoms with Crippen LogP contribution in [0.3, 0.4) is 0 Å². The van der Waals surface area contributed by atoms with Crippen LogP contribution in [-0.2, 0) is 16.1 Å². The number of hydrogen-bond donors (Lipinski definition) is 3. The predicted molar refractivity (Wildman–Crippen MR) is 87.9 cm³/mol. The smallest absolute Gasteiger partial charge is 0.323 e. The van der Waals surface area contributed by atoms with Gasteiger partial charge in [-0.15, -0.1) is 0 Å². The normalized spacial score (nSPS) is 13.8. The second kappa shape index (κ2) is 6.64. The Hall–Kier alpha value is -2.63. The number of hydrogen-bond acceptors (Lipinski definition) is 3. The molecule has 23 heavy (non-hydrogen) atoms. The Morgan fingerprint density at radius 1 is 1.13 bits per heavy atom. The lowest BCUT2D eigenvalue weighted by molar-refractivity contribution is -0.143. The molecule has 0 aliphatic rings. The van der Waals surface area contributed by atoms with Crippen LogP contribution < -0.4 is 5.73 Å². The van der Waals surface area contributed by atoms with Crippen molar-refractivity contribution < 1.29 is 14.6 Å². The van der Waals surface area contributed by atoms with Crippen LogP contribution >= 0.6 is 0 Å². The summed E-state index contributed by atoms with van der Waals surface area (Å²) in [7, 11) is 0. The third-order valence-corrected chi connectivity index (χ3v) is 3.81. The minimum absolute atomic E-state index is 0.298. The third kappa shape index (κ3) is 3.26. The maximum Gasteiger partial charge on any atom is 0.323 e. The van der Waals surface area contributed by atoms with Gasteiger partial charge >= 0.3 is 5.97 Å². The molecule has 0 fully saturated rings. The van der Waals surface area contributed by atoms with Gasteiger partial charge in [-0.25, -0.2) is 0 Å². The summed E-state index contributed by atoms with van der Waals surface area (Å²) in [5.41, 5.74) is 8.52. The highest BCUT2D eigenvalue weighted by atomic mass is 16.5. The zero-order chi connectivity index (χ0) is 16.2. The van der Waals surface area contributed by atoms with Gasteiger partial charge in [0, 0.05) is 22.7 Å². The van der Waals surface area contributed by atoms with Crippen molar-refractivity contribution >= 4 is 16.9 Å². The Labute approximate surface area is 133 Å². The molecular formula is C18H18N2O3. The molecule has 0 radical (unpaired) electrons. The Bertz CT molecular complexity index is 798. The molecule has 0 bridgehead atoms. The molecule has 5 nitrogen and oxygen atoms in total. The molecule has 0 aliphatic carbocycles. The average Bonchev–Trinajstić information content (AvgIpc) is 3.00. The second-order valence-corrected chi connectivity index (χ2v) is 5.37. The molecule has 1 unspecified atom stereocenters.